The van der Waals surface area contributed by atoms with E-state index in [1.54, 1.807) is 18.2 Å². The molecule has 0 atom stereocenters. The number of nitrogens with zero attached hydrogens (tertiary/aromatic N) is 1. The summed E-state index contributed by atoms with van der Waals surface area (Å²) < 4.78 is 10.6. The quantitative estimate of drug-likeness (QED) is 0.873. The average molecular weight is 292 g/mol. The van der Waals surface area contributed by atoms with E-state index in [9.17, 15) is 4.79 Å². The van der Waals surface area contributed by atoms with Crippen molar-refractivity contribution in [3.8, 4) is 11.5 Å². The van der Waals surface area contributed by atoms with E-state index in [1.165, 1.54) is 0 Å². The molecule has 0 saturated carbocycles. The minimum absolute atomic E-state index is 0.0108. The van der Waals surface area contributed by atoms with Crippen LogP contribution in [-0.2, 0) is 0 Å². The average Bonchev–Trinajstić information content (AvgIpc) is 2.93. The zero-order chi connectivity index (χ0) is 15.5. The molecule has 21 heavy (non-hydrogen) atoms. The van der Waals surface area contributed by atoms with E-state index < -0.39 is 0 Å². The number of hydrogen-bond acceptors (Lipinski definition) is 4. The summed E-state index contributed by atoms with van der Waals surface area (Å²) in [7, 11) is 0. The highest BCUT2D eigenvalue weighted by Gasteiger charge is 2.25. The van der Waals surface area contributed by atoms with Crippen molar-refractivity contribution < 1.29 is 14.3 Å². The Morgan fingerprint density at radius 2 is 2.05 bits per heavy atom. The van der Waals surface area contributed by atoms with Gasteiger partial charge in [-0.25, -0.2) is 0 Å². The third-order valence-corrected chi connectivity index (χ3v) is 3.57. The molecule has 0 fully saturated rings. The van der Waals surface area contributed by atoms with Crippen LogP contribution < -0.4 is 15.2 Å². The van der Waals surface area contributed by atoms with Crippen LogP contribution in [0.2, 0.25) is 0 Å². The molecular formula is C16H24N2O3. The Kier molecular flexibility index (Phi) is 4.73. The lowest BCUT2D eigenvalue weighted by atomic mass is 9.92. The van der Waals surface area contributed by atoms with Crippen molar-refractivity contribution in [2.24, 2.45) is 11.1 Å². The Morgan fingerprint density at radius 1 is 1.33 bits per heavy atom. The largest absolute Gasteiger partial charge is 0.454 e. The fourth-order valence-corrected chi connectivity index (χ4v) is 2.32. The lowest BCUT2D eigenvalue weighted by molar-refractivity contribution is 0.0689. The van der Waals surface area contributed by atoms with Crippen molar-refractivity contribution >= 4 is 5.91 Å². The molecule has 1 aliphatic rings. The van der Waals surface area contributed by atoms with Gasteiger partial charge in [-0.05, 0) is 36.6 Å². The summed E-state index contributed by atoms with van der Waals surface area (Å²) in [6.07, 6.45) is 0.914. The molecule has 5 heteroatoms. The molecule has 5 nitrogen and oxygen atoms in total. The molecule has 0 saturated heterocycles. The van der Waals surface area contributed by atoms with E-state index in [0.717, 1.165) is 13.0 Å². The van der Waals surface area contributed by atoms with Gasteiger partial charge in [-0.3, -0.25) is 4.79 Å². The van der Waals surface area contributed by atoms with Gasteiger partial charge >= 0.3 is 0 Å². The lowest BCUT2D eigenvalue weighted by Gasteiger charge is -2.31. The Morgan fingerprint density at radius 3 is 2.71 bits per heavy atom. The van der Waals surface area contributed by atoms with Crippen molar-refractivity contribution in [3.63, 3.8) is 0 Å². The minimum Gasteiger partial charge on any atom is -0.454 e. The lowest BCUT2D eigenvalue weighted by Crippen LogP contribution is -2.42. The van der Waals surface area contributed by atoms with Crippen LogP contribution in [0.1, 0.15) is 37.6 Å². The normalized spacial score (nSPS) is 13.3. The maximum Gasteiger partial charge on any atom is 0.254 e. The Balaban J connectivity index is 2.18. The molecule has 0 aromatic heterocycles. The number of carbonyl (C=O) groups is 1. The molecule has 1 aromatic carbocycles. The molecule has 1 amide bonds. The van der Waals surface area contributed by atoms with Gasteiger partial charge in [0.1, 0.15) is 0 Å². The van der Waals surface area contributed by atoms with Crippen LogP contribution in [0.25, 0.3) is 0 Å². The van der Waals surface area contributed by atoms with Crippen molar-refractivity contribution in [2.75, 3.05) is 26.4 Å². The van der Waals surface area contributed by atoms with E-state index in [1.807, 2.05) is 4.90 Å². The summed E-state index contributed by atoms with van der Waals surface area (Å²) in [6.45, 7) is 8.33. The van der Waals surface area contributed by atoms with Crippen LogP contribution in [-0.4, -0.2) is 37.2 Å². The van der Waals surface area contributed by atoms with E-state index in [4.69, 9.17) is 15.2 Å². The van der Waals surface area contributed by atoms with Crippen LogP contribution >= 0.6 is 0 Å². The molecule has 0 bridgehead atoms. The van der Waals surface area contributed by atoms with Crippen LogP contribution in [0.3, 0.4) is 0 Å². The minimum atomic E-state index is -0.0961. The van der Waals surface area contributed by atoms with Gasteiger partial charge in [-0.15, -0.1) is 0 Å². The van der Waals surface area contributed by atoms with Crippen molar-refractivity contribution in [1.82, 2.24) is 4.90 Å². The van der Waals surface area contributed by atoms with Crippen LogP contribution in [0, 0.1) is 5.41 Å². The highest BCUT2D eigenvalue weighted by molar-refractivity contribution is 5.95. The molecule has 1 heterocycles. The van der Waals surface area contributed by atoms with Gasteiger partial charge in [0, 0.05) is 18.7 Å². The fraction of sp³-hybridized carbons (Fsp3) is 0.562. The first-order valence-corrected chi connectivity index (χ1v) is 7.36. The number of ether oxygens (including phenoxy) is 2. The molecule has 116 valence electrons. The molecule has 0 spiro atoms. The Bertz CT molecular complexity index is 514. The number of amides is 1. The number of rotatable bonds is 6. The van der Waals surface area contributed by atoms with Crippen molar-refractivity contribution in [2.45, 2.75) is 27.2 Å². The van der Waals surface area contributed by atoms with Crippen LogP contribution in [0.5, 0.6) is 11.5 Å². The van der Waals surface area contributed by atoms with Gasteiger partial charge in [0.25, 0.3) is 5.91 Å². The first-order chi connectivity index (χ1) is 9.96. The summed E-state index contributed by atoms with van der Waals surface area (Å²) >= 11 is 0. The Hall–Kier alpha value is -1.75. The summed E-state index contributed by atoms with van der Waals surface area (Å²) in [5, 5.41) is 0. The van der Waals surface area contributed by atoms with E-state index in [-0.39, 0.29) is 18.1 Å². The van der Waals surface area contributed by atoms with Gasteiger partial charge in [0.15, 0.2) is 11.5 Å². The van der Waals surface area contributed by atoms with Gasteiger partial charge in [-0.2, -0.15) is 0 Å². The molecule has 1 aromatic rings. The standard InChI is InChI=1S/C16H24N2O3/c1-4-7-18(10-16(2,3)9-17)15(19)12-5-6-13-14(8-12)21-11-20-13/h5-6,8H,4,7,9-11,17H2,1-3H3. The first-order valence-electron chi connectivity index (χ1n) is 7.36. The summed E-state index contributed by atoms with van der Waals surface area (Å²) in [5.74, 6) is 1.34. The second-order valence-corrected chi connectivity index (χ2v) is 6.16. The monoisotopic (exact) mass is 292 g/mol. The molecule has 2 N–H and O–H groups in total. The highest BCUT2D eigenvalue weighted by atomic mass is 16.7. The van der Waals surface area contributed by atoms with Crippen molar-refractivity contribution in [1.29, 1.82) is 0 Å². The number of nitrogens with two attached hydrogens (primary N) is 1. The van der Waals surface area contributed by atoms with Crippen molar-refractivity contribution in [3.05, 3.63) is 23.8 Å². The second kappa shape index (κ2) is 6.35. The van der Waals surface area contributed by atoms with Crippen LogP contribution in [0.4, 0.5) is 0 Å². The van der Waals surface area contributed by atoms with E-state index in [2.05, 4.69) is 20.8 Å². The summed E-state index contributed by atoms with van der Waals surface area (Å²) in [4.78, 5) is 14.6. The topological polar surface area (TPSA) is 64.8 Å². The molecule has 2 rings (SSSR count). The molecule has 0 radical (unpaired) electrons. The zero-order valence-corrected chi connectivity index (χ0v) is 13.0. The third-order valence-electron chi connectivity index (χ3n) is 3.57. The molecular weight excluding hydrogens is 268 g/mol. The molecule has 1 aliphatic heterocycles. The summed E-state index contributed by atoms with van der Waals surface area (Å²) in [6, 6.07) is 5.32. The summed E-state index contributed by atoms with van der Waals surface area (Å²) in [5.41, 5.74) is 6.32. The predicted octanol–water partition coefficient (Wildman–Crippen LogP) is 2.25. The highest BCUT2D eigenvalue weighted by Crippen LogP contribution is 2.33. The number of benzene rings is 1. The molecule has 0 aliphatic carbocycles. The number of carbonyl (C=O) groups excluding carboxylic acids is 1. The van der Waals surface area contributed by atoms with Gasteiger partial charge < -0.3 is 20.1 Å². The first kappa shape index (κ1) is 15.6. The van der Waals surface area contributed by atoms with Gasteiger partial charge in [-0.1, -0.05) is 20.8 Å². The van der Waals surface area contributed by atoms with E-state index >= 15 is 0 Å². The second-order valence-electron chi connectivity index (χ2n) is 6.16. The third kappa shape index (κ3) is 3.67. The number of fused-ring (bicyclic) bond motifs is 1. The van der Waals surface area contributed by atoms with Gasteiger partial charge in [0.2, 0.25) is 6.79 Å². The van der Waals surface area contributed by atoms with E-state index in [0.29, 0.717) is 30.2 Å². The Labute approximate surface area is 126 Å². The SMILES string of the molecule is CCCN(CC(C)(C)CN)C(=O)c1ccc2c(c1)OCO2. The smallest absolute Gasteiger partial charge is 0.254 e. The maximum atomic E-state index is 12.7. The fourth-order valence-electron chi connectivity index (χ4n) is 2.32. The maximum absolute atomic E-state index is 12.7. The van der Waals surface area contributed by atoms with Gasteiger partial charge in [0.05, 0.1) is 0 Å². The molecule has 0 unspecified atom stereocenters. The predicted molar refractivity (Wildman–Crippen MR) is 81.6 cm³/mol. The number of hydrogen-bond donors (Lipinski definition) is 1. The van der Waals surface area contributed by atoms with Crippen LogP contribution in [0.15, 0.2) is 18.2 Å². The zero-order valence-electron chi connectivity index (χ0n) is 13.0.